The molecule has 3 heterocycles. The van der Waals surface area contributed by atoms with Crippen molar-refractivity contribution in [2.45, 2.75) is 25.4 Å². The first kappa shape index (κ1) is 22.4. The summed E-state index contributed by atoms with van der Waals surface area (Å²) in [5, 5.41) is 1.43. The fourth-order valence-corrected chi connectivity index (χ4v) is 5.69. The van der Waals surface area contributed by atoms with Crippen LogP contribution in [0.5, 0.6) is 0 Å². The van der Waals surface area contributed by atoms with Gasteiger partial charge in [0.25, 0.3) is 5.91 Å². The first-order chi connectivity index (χ1) is 17.5. The van der Waals surface area contributed by atoms with Crippen LogP contribution in [0.25, 0.3) is 10.9 Å². The van der Waals surface area contributed by atoms with Crippen LogP contribution in [-0.2, 0) is 16.0 Å². The predicted molar refractivity (Wildman–Crippen MR) is 138 cm³/mol. The number of esters is 1. The van der Waals surface area contributed by atoms with Crippen molar-refractivity contribution in [2.24, 2.45) is 0 Å². The lowest BCUT2D eigenvalue weighted by molar-refractivity contribution is -0.120. The van der Waals surface area contributed by atoms with Crippen molar-refractivity contribution in [3.05, 3.63) is 101 Å². The number of fused-ring (bicyclic) bond motifs is 4. The van der Waals surface area contributed by atoms with Crippen LogP contribution in [-0.4, -0.2) is 39.5 Å². The number of carbonyl (C=O) groups is 2. The molecule has 0 bridgehead atoms. The zero-order valence-electron chi connectivity index (χ0n) is 19.4. The molecule has 2 aliphatic heterocycles. The number of halogens is 1. The number of hydrogen-bond donors (Lipinski definition) is 1. The fraction of sp³-hybridized carbons (Fsp3) is 0.179. The lowest BCUT2D eigenvalue weighted by Crippen LogP contribution is -2.44. The number of rotatable bonds is 4. The number of hydrogen-bond acceptors (Lipinski definition) is 4. The highest BCUT2D eigenvalue weighted by Gasteiger charge is 2.51. The lowest BCUT2D eigenvalue weighted by atomic mass is 9.89. The van der Waals surface area contributed by atoms with Crippen molar-refractivity contribution in [1.82, 2.24) is 9.88 Å². The Morgan fingerprint density at radius 2 is 1.81 bits per heavy atom. The number of ether oxygens (including phenoxy) is 1. The number of aromatic nitrogens is 1. The number of amides is 1. The molecular formula is C28H22FN3O3S. The average Bonchev–Trinajstić information content (AvgIpc) is 3.38. The number of nitrogens with one attached hydrogen (secondary N) is 1. The van der Waals surface area contributed by atoms with E-state index in [2.05, 4.69) is 4.98 Å². The molecule has 2 atom stereocenters. The molecule has 36 heavy (non-hydrogen) atoms. The lowest BCUT2D eigenvalue weighted by Gasteiger charge is -2.37. The van der Waals surface area contributed by atoms with Crippen LogP contribution in [0.3, 0.4) is 0 Å². The molecule has 6 rings (SSSR count). The molecule has 1 saturated heterocycles. The van der Waals surface area contributed by atoms with Gasteiger partial charge in [0.15, 0.2) is 5.11 Å². The molecular weight excluding hydrogens is 477 g/mol. The van der Waals surface area contributed by atoms with Crippen LogP contribution in [0.15, 0.2) is 72.8 Å². The fourth-order valence-electron chi connectivity index (χ4n) is 5.26. The molecule has 1 aromatic heterocycles. The number of aromatic amines is 1. The molecule has 0 spiro atoms. The van der Waals surface area contributed by atoms with Gasteiger partial charge in [-0.1, -0.05) is 30.3 Å². The molecule has 0 unspecified atom stereocenters. The van der Waals surface area contributed by atoms with E-state index in [0.717, 1.165) is 27.7 Å². The Bertz CT molecular complexity index is 1510. The van der Waals surface area contributed by atoms with Gasteiger partial charge >= 0.3 is 5.97 Å². The molecule has 2 aliphatic rings. The number of nitrogens with zero attached hydrogens (tertiary/aromatic N) is 2. The summed E-state index contributed by atoms with van der Waals surface area (Å²) in [5.74, 6) is -0.878. The standard InChI is InChI=1S/C28H22FN3O3S/c1-2-35-27(34)17-9-13-19(14-10-17)31-26(33)23-15-21-20-5-3-4-6-22(20)30-24(21)25(32(23)28(31)36)16-7-11-18(29)12-8-16/h3-14,23,25,30H,2,15H2,1H3/t23-,25-/m1/s1. The highest BCUT2D eigenvalue weighted by molar-refractivity contribution is 7.80. The van der Waals surface area contributed by atoms with E-state index in [1.165, 1.54) is 17.0 Å². The minimum Gasteiger partial charge on any atom is -0.462 e. The summed E-state index contributed by atoms with van der Waals surface area (Å²) in [6.45, 7) is 2.03. The van der Waals surface area contributed by atoms with Gasteiger partial charge in [0.05, 0.1) is 23.9 Å². The third kappa shape index (κ3) is 3.40. The second-order valence-electron chi connectivity index (χ2n) is 8.87. The second kappa shape index (κ2) is 8.57. The van der Waals surface area contributed by atoms with Crippen LogP contribution in [0.1, 0.15) is 40.1 Å². The van der Waals surface area contributed by atoms with Gasteiger partial charge in [-0.25, -0.2) is 9.18 Å². The molecule has 0 aliphatic carbocycles. The molecule has 8 heteroatoms. The Hall–Kier alpha value is -4.04. The number of para-hydroxylation sites is 1. The van der Waals surface area contributed by atoms with Crippen molar-refractivity contribution in [3.63, 3.8) is 0 Å². The Balaban J connectivity index is 1.44. The van der Waals surface area contributed by atoms with Crippen LogP contribution >= 0.6 is 12.2 Å². The molecule has 3 aromatic carbocycles. The number of thiocarbonyl (C=S) groups is 1. The van der Waals surface area contributed by atoms with E-state index in [1.54, 1.807) is 43.3 Å². The normalized spacial score (nSPS) is 18.9. The van der Waals surface area contributed by atoms with E-state index in [9.17, 15) is 14.0 Å². The molecule has 180 valence electrons. The maximum atomic E-state index is 13.8. The average molecular weight is 500 g/mol. The van der Waals surface area contributed by atoms with E-state index in [4.69, 9.17) is 17.0 Å². The van der Waals surface area contributed by atoms with Gasteiger partial charge in [-0.3, -0.25) is 9.69 Å². The summed E-state index contributed by atoms with van der Waals surface area (Å²) < 4.78 is 18.9. The van der Waals surface area contributed by atoms with Crippen LogP contribution < -0.4 is 4.90 Å². The third-order valence-corrected chi connectivity index (χ3v) is 7.26. The van der Waals surface area contributed by atoms with Gasteiger partial charge < -0.3 is 14.6 Å². The molecule has 4 aromatic rings. The monoisotopic (exact) mass is 499 g/mol. The van der Waals surface area contributed by atoms with Crippen molar-refractivity contribution in [3.8, 4) is 0 Å². The SMILES string of the molecule is CCOC(=O)c1ccc(N2C(=O)[C@H]3Cc4c([nH]c5ccccc45)[C@@H](c4ccc(F)cc4)N3C2=S)cc1. The highest BCUT2D eigenvalue weighted by Crippen LogP contribution is 2.45. The number of H-pyrrole nitrogens is 1. The van der Waals surface area contributed by atoms with E-state index in [-0.39, 0.29) is 24.4 Å². The minimum absolute atomic E-state index is 0.132. The number of anilines is 1. The number of carbonyl (C=O) groups excluding carboxylic acids is 2. The van der Waals surface area contributed by atoms with Gasteiger partial charge in [-0.15, -0.1) is 0 Å². The summed E-state index contributed by atoms with van der Waals surface area (Å²) >= 11 is 5.89. The predicted octanol–water partition coefficient (Wildman–Crippen LogP) is 5.13. The quantitative estimate of drug-likeness (QED) is 0.312. The first-order valence-corrected chi connectivity index (χ1v) is 12.2. The molecule has 0 saturated carbocycles. The smallest absolute Gasteiger partial charge is 0.338 e. The Morgan fingerprint density at radius 3 is 2.53 bits per heavy atom. The zero-order chi connectivity index (χ0) is 25.0. The van der Waals surface area contributed by atoms with E-state index < -0.39 is 12.0 Å². The summed E-state index contributed by atoms with van der Waals surface area (Å²) in [5.41, 5.74) is 4.83. The van der Waals surface area contributed by atoms with E-state index >= 15 is 0 Å². The van der Waals surface area contributed by atoms with Crippen LogP contribution in [0.4, 0.5) is 10.1 Å². The minimum atomic E-state index is -0.510. The molecule has 1 amide bonds. The van der Waals surface area contributed by atoms with Gasteiger partial charge in [-0.05, 0) is 72.7 Å². The van der Waals surface area contributed by atoms with E-state index in [1.807, 2.05) is 29.2 Å². The largest absolute Gasteiger partial charge is 0.462 e. The maximum absolute atomic E-state index is 13.8. The summed E-state index contributed by atoms with van der Waals surface area (Å²) in [7, 11) is 0. The summed E-state index contributed by atoms with van der Waals surface area (Å²) in [4.78, 5) is 32.9. The first-order valence-electron chi connectivity index (χ1n) is 11.8. The maximum Gasteiger partial charge on any atom is 0.338 e. The molecule has 1 N–H and O–H groups in total. The second-order valence-corrected chi connectivity index (χ2v) is 9.23. The van der Waals surface area contributed by atoms with Crippen molar-refractivity contribution >= 4 is 45.8 Å². The van der Waals surface area contributed by atoms with Crippen molar-refractivity contribution in [2.75, 3.05) is 11.5 Å². The van der Waals surface area contributed by atoms with Crippen LogP contribution in [0.2, 0.25) is 0 Å². The van der Waals surface area contributed by atoms with Crippen LogP contribution in [0, 0.1) is 5.82 Å². The van der Waals surface area contributed by atoms with Crippen molar-refractivity contribution < 1.29 is 18.7 Å². The third-order valence-electron chi connectivity index (χ3n) is 6.87. The summed E-state index contributed by atoms with van der Waals surface area (Å²) in [6, 6.07) is 20.1. The molecule has 0 radical (unpaired) electrons. The Labute approximate surface area is 212 Å². The van der Waals surface area contributed by atoms with Gasteiger partial charge in [0, 0.05) is 23.0 Å². The topological polar surface area (TPSA) is 65.6 Å². The summed E-state index contributed by atoms with van der Waals surface area (Å²) in [6.07, 6.45) is 0.493. The highest BCUT2D eigenvalue weighted by atomic mass is 32.1. The van der Waals surface area contributed by atoms with Gasteiger partial charge in [-0.2, -0.15) is 0 Å². The van der Waals surface area contributed by atoms with E-state index in [0.29, 0.717) is 22.8 Å². The van der Waals surface area contributed by atoms with Gasteiger partial charge in [0.1, 0.15) is 11.9 Å². The Morgan fingerprint density at radius 1 is 1.08 bits per heavy atom. The molecule has 1 fully saturated rings. The molecule has 6 nitrogen and oxygen atoms in total. The number of benzene rings is 3. The van der Waals surface area contributed by atoms with Crippen molar-refractivity contribution in [1.29, 1.82) is 0 Å². The Kier molecular flexibility index (Phi) is 5.34. The zero-order valence-corrected chi connectivity index (χ0v) is 20.2. The van der Waals surface area contributed by atoms with Gasteiger partial charge in [0.2, 0.25) is 0 Å².